The Balaban J connectivity index is 0.00000316. The predicted octanol–water partition coefficient (Wildman–Crippen LogP) is 18.5. The van der Waals surface area contributed by atoms with E-state index in [9.17, 15) is 0 Å². The van der Waals surface area contributed by atoms with Crippen LogP contribution in [-0.4, -0.2) is 0 Å². The molecule has 1 unspecified atom stereocenters. The Labute approximate surface area is 373 Å². The highest BCUT2D eigenvalue weighted by molar-refractivity contribution is 6.06. The fourth-order valence-electron chi connectivity index (χ4n) is 8.99. The maximum atomic E-state index is 4.13. The number of hydrogen-bond donors (Lipinski definition) is 0. The van der Waals surface area contributed by atoms with Crippen molar-refractivity contribution in [2.24, 2.45) is 0 Å². The minimum Gasteiger partial charge on any atom is -0.103 e. The summed E-state index contributed by atoms with van der Waals surface area (Å²) < 4.78 is 0. The van der Waals surface area contributed by atoms with Crippen LogP contribution in [0.25, 0.3) is 67.1 Å². The van der Waals surface area contributed by atoms with E-state index in [0.717, 1.165) is 32.1 Å². The van der Waals surface area contributed by atoms with Gasteiger partial charge in [-0.1, -0.05) is 197 Å². The van der Waals surface area contributed by atoms with E-state index in [4.69, 9.17) is 0 Å². The van der Waals surface area contributed by atoms with Gasteiger partial charge >= 0.3 is 0 Å². The van der Waals surface area contributed by atoms with Crippen LogP contribution in [0.5, 0.6) is 0 Å². The van der Waals surface area contributed by atoms with Crippen LogP contribution >= 0.6 is 0 Å². The Hall–Kier alpha value is -6.50. The monoisotopic (exact) mass is 809 g/mol. The number of aryl methyl sites for hydroxylation is 1. The number of hydrogen-bond acceptors (Lipinski definition) is 0. The van der Waals surface area contributed by atoms with E-state index >= 15 is 0 Å². The summed E-state index contributed by atoms with van der Waals surface area (Å²) >= 11 is 0. The predicted molar refractivity (Wildman–Crippen MR) is 278 cm³/mol. The van der Waals surface area contributed by atoms with Crippen molar-refractivity contribution < 1.29 is 0 Å². The van der Waals surface area contributed by atoms with Crippen LogP contribution in [0.2, 0.25) is 0 Å². The van der Waals surface area contributed by atoms with Crippen LogP contribution in [0, 0.1) is 6.92 Å². The van der Waals surface area contributed by atoms with Crippen molar-refractivity contribution in [3.05, 3.63) is 228 Å². The van der Waals surface area contributed by atoms with Gasteiger partial charge in [-0.3, -0.25) is 0 Å². The molecule has 0 fully saturated rings. The Morgan fingerprint density at radius 2 is 1.52 bits per heavy atom. The average Bonchev–Trinajstić information content (AvgIpc) is 3.31. The SMILES string of the molecule is C=C/C=C\c1c(C)c(-c2cccc(-c3cccc4ccccc34)c2)c2ccc(-c3ccc4c(c3)C=CCC4)cc2c1C(C)/C=C\C=C(/C)CC(/C=C\C)=C(/C=C)CCC=C.CC. The van der Waals surface area contributed by atoms with Gasteiger partial charge in [-0.25, -0.2) is 0 Å². The van der Waals surface area contributed by atoms with Crippen molar-refractivity contribution in [3.63, 3.8) is 0 Å². The molecule has 0 heterocycles. The lowest BCUT2D eigenvalue weighted by molar-refractivity contribution is 0.970. The van der Waals surface area contributed by atoms with E-state index in [2.05, 4.69) is 205 Å². The summed E-state index contributed by atoms with van der Waals surface area (Å²) in [7, 11) is 0. The van der Waals surface area contributed by atoms with Crippen LogP contribution in [0.3, 0.4) is 0 Å². The van der Waals surface area contributed by atoms with Gasteiger partial charge in [0.15, 0.2) is 0 Å². The summed E-state index contributed by atoms with van der Waals surface area (Å²) in [4.78, 5) is 0. The fourth-order valence-corrected chi connectivity index (χ4v) is 8.99. The smallest absolute Gasteiger partial charge is 0.000489 e. The third kappa shape index (κ3) is 10.2. The van der Waals surface area contributed by atoms with Gasteiger partial charge in [0.25, 0.3) is 0 Å². The minimum atomic E-state index is 0.124. The zero-order valence-electron chi connectivity index (χ0n) is 38.0. The first kappa shape index (κ1) is 45.0. The average molecular weight is 809 g/mol. The van der Waals surface area contributed by atoms with Crippen molar-refractivity contribution in [3.8, 4) is 33.4 Å². The summed E-state index contributed by atoms with van der Waals surface area (Å²) in [5.74, 6) is 0.124. The second kappa shape index (κ2) is 21.8. The maximum absolute atomic E-state index is 4.13. The van der Waals surface area contributed by atoms with Gasteiger partial charge in [0.1, 0.15) is 0 Å². The zero-order valence-corrected chi connectivity index (χ0v) is 38.0. The normalized spacial score (nSPS) is 13.6. The molecule has 0 nitrogen and oxygen atoms in total. The lowest BCUT2D eigenvalue weighted by Gasteiger charge is -2.23. The molecular weight excluding hydrogens is 745 g/mol. The highest BCUT2D eigenvalue weighted by atomic mass is 14.2. The fraction of sp³-hybridized carbons (Fsp3) is 0.194. The second-order valence-corrected chi connectivity index (χ2v) is 16.1. The first-order chi connectivity index (χ1) is 30.3. The van der Waals surface area contributed by atoms with Crippen LogP contribution in [0.1, 0.15) is 94.0 Å². The highest BCUT2D eigenvalue weighted by Gasteiger charge is 2.21. The molecule has 0 N–H and O–H groups in total. The van der Waals surface area contributed by atoms with Gasteiger partial charge in [0.05, 0.1) is 0 Å². The molecule has 0 saturated carbocycles. The third-order valence-corrected chi connectivity index (χ3v) is 12.0. The molecule has 0 heteroatoms. The van der Waals surface area contributed by atoms with E-state index in [0.29, 0.717) is 0 Å². The first-order valence-electron chi connectivity index (χ1n) is 22.5. The Morgan fingerprint density at radius 3 is 2.31 bits per heavy atom. The number of fused-ring (bicyclic) bond motifs is 3. The van der Waals surface area contributed by atoms with Gasteiger partial charge in [0, 0.05) is 5.92 Å². The van der Waals surface area contributed by atoms with Crippen molar-refractivity contribution in [1.82, 2.24) is 0 Å². The molecule has 0 saturated heterocycles. The number of allylic oxidation sites excluding steroid dienone is 13. The largest absolute Gasteiger partial charge is 0.103 e. The van der Waals surface area contributed by atoms with E-state index < -0.39 is 0 Å². The Bertz CT molecular complexity index is 2760. The van der Waals surface area contributed by atoms with Crippen molar-refractivity contribution in [1.29, 1.82) is 0 Å². The molecule has 1 aliphatic rings. The van der Waals surface area contributed by atoms with Gasteiger partial charge in [-0.15, -0.1) is 6.58 Å². The highest BCUT2D eigenvalue weighted by Crippen LogP contribution is 2.44. The van der Waals surface area contributed by atoms with E-state index in [1.54, 1.807) is 0 Å². The molecule has 6 aromatic carbocycles. The van der Waals surface area contributed by atoms with Crippen LogP contribution < -0.4 is 0 Å². The molecule has 0 aliphatic heterocycles. The van der Waals surface area contributed by atoms with E-state index in [1.165, 1.54) is 99.5 Å². The summed E-state index contributed by atoms with van der Waals surface area (Å²) in [5, 5.41) is 5.05. The molecule has 312 valence electrons. The Morgan fingerprint density at radius 1 is 0.758 bits per heavy atom. The van der Waals surface area contributed by atoms with Gasteiger partial charge in [-0.2, -0.15) is 0 Å². The Kier molecular flexibility index (Phi) is 15.9. The van der Waals surface area contributed by atoms with E-state index in [-0.39, 0.29) is 5.92 Å². The number of benzene rings is 6. The zero-order chi connectivity index (χ0) is 44.0. The van der Waals surface area contributed by atoms with E-state index in [1.807, 2.05) is 32.1 Å². The molecule has 1 atom stereocenters. The van der Waals surface area contributed by atoms with Crippen molar-refractivity contribution in [2.75, 3.05) is 0 Å². The second-order valence-electron chi connectivity index (χ2n) is 16.1. The van der Waals surface area contributed by atoms with Gasteiger partial charge in [-0.05, 0) is 165 Å². The van der Waals surface area contributed by atoms with Crippen LogP contribution in [0.4, 0.5) is 0 Å². The molecule has 0 spiro atoms. The molecule has 0 radical (unpaired) electrons. The molecule has 1 aliphatic carbocycles. The quantitative estimate of drug-likeness (QED) is 0.0716. The van der Waals surface area contributed by atoms with Gasteiger partial charge in [0.2, 0.25) is 0 Å². The number of rotatable bonds is 15. The lowest BCUT2D eigenvalue weighted by atomic mass is 9.80. The van der Waals surface area contributed by atoms with Crippen molar-refractivity contribution in [2.45, 2.75) is 79.6 Å². The van der Waals surface area contributed by atoms with Crippen LogP contribution in [0.15, 0.2) is 200 Å². The molecule has 0 amide bonds. The first-order valence-corrected chi connectivity index (χ1v) is 22.5. The molecule has 0 bridgehead atoms. The summed E-state index contributed by atoms with van der Waals surface area (Å²) in [6.45, 7) is 25.1. The molecule has 6 aromatic rings. The standard InChI is InChI=1S/C60H58.C2H6/c1-8-12-24-45(11-4)48(21-10-3)38-42(5)22-18-23-43(6)59-54(31-13-9-2)44(7)60(53-30-19-29-52(40-53)56-33-20-28-47-26-16-17-32-55(47)56)57-37-36-51(41-58(57)59)50-35-34-46-25-14-15-27-49(46)39-50;1-2/h8-11,13,15-23,26-37,39-41,43H,1-2,4,12,14,24-25,38H2,3,5-7H3;1-2H3/b21-10-,23-18-,31-13-,42-22+,48-45-;. The third-order valence-electron chi connectivity index (χ3n) is 12.0. The van der Waals surface area contributed by atoms with Crippen LogP contribution in [-0.2, 0) is 6.42 Å². The summed E-state index contributed by atoms with van der Waals surface area (Å²) in [6.07, 6.45) is 31.1. The molecule has 62 heavy (non-hydrogen) atoms. The maximum Gasteiger partial charge on any atom is 0.000489 e. The molecule has 0 aromatic heterocycles. The topological polar surface area (TPSA) is 0 Å². The minimum absolute atomic E-state index is 0.124. The summed E-state index contributed by atoms with van der Waals surface area (Å²) in [5.41, 5.74) is 17.9. The summed E-state index contributed by atoms with van der Waals surface area (Å²) in [6, 6.07) is 38.6. The molecular formula is C62H64. The van der Waals surface area contributed by atoms with Crippen molar-refractivity contribution >= 4 is 33.7 Å². The van der Waals surface area contributed by atoms with Gasteiger partial charge < -0.3 is 0 Å². The lowest BCUT2D eigenvalue weighted by Crippen LogP contribution is -2.02. The molecule has 7 rings (SSSR count).